The number of nitrogens with zero attached hydrogens (tertiary/aromatic N) is 3. The number of rotatable bonds is 9. The summed E-state index contributed by atoms with van der Waals surface area (Å²) in [7, 11) is 0. The highest BCUT2D eigenvalue weighted by Crippen LogP contribution is 2.26. The van der Waals surface area contributed by atoms with Crippen molar-refractivity contribution in [2.24, 2.45) is 0 Å². The number of ether oxygens (including phenoxy) is 1. The number of carbonyl (C=O) groups excluding carboxylic acids is 2. The van der Waals surface area contributed by atoms with Crippen LogP contribution >= 0.6 is 0 Å². The molecule has 1 aromatic carbocycles. The Morgan fingerprint density at radius 1 is 1.21 bits per heavy atom. The summed E-state index contributed by atoms with van der Waals surface area (Å²) in [6, 6.07) is 12.2. The van der Waals surface area contributed by atoms with E-state index >= 15 is 0 Å². The minimum Gasteiger partial charge on any atom is -0.462 e. The Morgan fingerprint density at radius 3 is 2.67 bits per heavy atom. The van der Waals surface area contributed by atoms with Gasteiger partial charge in [-0.25, -0.2) is 4.79 Å². The molecule has 6 nitrogen and oxygen atoms in total. The summed E-state index contributed by atoms with van der Waals surface area (Å²) in [5, 5.41) is 0. The predicted octanol–water partition coefficient (Wildman–Crippen LogP) is 3.86. The molecule has 1 amide bonds. The van der Waals surface area contributed by atoms with Gasteiger partial charge >= 0.3 is 18.1 Å². The van der Waals surface area contributed by atoms with E-state index in [9.17, 15) is 22.8 Å². The number of halogens is 3. The number of benzene rings is 1. The van der Waals surface area contributed by atoms with E-state index < -0.39 is 24.1 Å². The van der Waals surface area contributed by atoms with Gasteiger partial charge in [-0.2, -0.15) is 13.2 Å². The average Bonchev–Trinajstić information content (AvgIpc) is 3.26. The fraction of sp³-hybridized carbons (Fsp3) is 0.458. The quantitative estimate of drug-likeness (QED) is 0.529. The summed E-state index contributed by atoms with van der Waals surface area (Å²) in [4.78, 5) is 31.2. The standard InChI is InChI=1S/C24H28F3N3O3/c1-2-33-22(31)19-10-12-28-20(15-19)16-30(23(32)24(25,26)27)21-11-14-29(17-21)13-6-9-18-7-4-3-5-8-18/h3-5,7-8,10,12,15,21H,2,6,9,11,13-14,16-17H2,1H3/t21-/m1/s1. The molecule has 0 spiro atoms. The number of pyridine rings is 1. The molecule has 33 heavy (non-hydrogen) atoms. The molecule has 2 heterocycles. The number of hydrogen-bond acceptors (Lipinski definition) is 5. The van der Waals surface area contributed by atoms with E-state index in [1.807, 2.05) is 30.3 Å². The minimum absolute atomic E-state index is 0.178. The van der Waals surface area contributed by atoms with Gasteiger partial charge < -0.3 is 14.5 Å². The largest absolute Gasteiger partial charge is 0.471 e. The van der Waals surface area contributed by atoms with Gasteiger partial charge in [0, 0.05) is 25.3 Å². The Bertz CT molecular complexity index is 937. The second kappa shape index (κ2) is 11.3. The normalized spacial score (nSPS) is 16.5. The number of aromatic nitrogens is 1. The number of amides is 1. The Kier molecular flexibility index (Phi) is 8.43. The van der Waals surface area contributed by atoms with Gasteiger partial charge in [0.15, 0.2) is 0 Å². The van der Waals surface area contributed by atoms with Crippen molar-refractivity contribution in [1.29, 1.82) is 0 Å². The van der Waals surface area contributed by atoms with Crippen LogP contribution in [0.4, 0.5) is 13.2 Å². The molecule has 0 unspecified atom stereocenters. The molecule has 1 aromatic heterocycles. The van der Waals surface area contributed by atoms with Gasteiger partial charge in [0.2, 0.25) is 0 Å². The topological polar surface area (TPSA) is 62.7 Å². The smallest absolute Gasteiger partial charge is 0.462 e. The number of aryl methyl sites for hydroxylation is 1. The van der Waals surface area contributed by atoms with Gasteiger partial charge in [0.25, 0.3) is 0 Å². The first-order valence-electron chi connectivity index (χ1n) is 11.0. The maximum absolute atomic E-state index is 13.4. The van der Waals surface area contributed by atoms with E-state index in [-0.39, 0.29) is 24.4 Å². The summed E-state index contributed by atoms with van der Waals surface area (Å²) in [5.41, 5.74) is 1.62. The first-order chi connectivity index (χ1) is 15.8. The highest BCUT2D eigenvalue weighted by molar-refractivity contribution is 5.89. The second-order valence-electron chi connectivity index (χ2n) is 8.02. The van der Waals surface area contributed by atoms with Gasteiger partial charge in [-0.15, -0.1) is 0 Å². The zero-order chi connectivity index (χ0) is 23.8. The van der Waals surface area contributed by atoms with Crippen molar-refractivity contribution >= 4 is 11.9 Å². The molecule has 3 rings (SSSR count). The molecule has 178 valence electrons. The van der Waals surface area contributed by atoms with Crippen LogP contribution in [0.15, 0.2) is 48.7 Å². The molecule has 0 aliphatic carbocycles. The highest BCUT2D eigenvalue weighted by atomic mass is 19.4. The van der Waals surface area contributed by atoms with Crippen molar-refractivity contribution < 1.29 is 27.5 Å². The zero-order valence-corrected chi connectivity index (χ0v) is 18.6. The van der Waals surface area contributed by atoms with Gasteiger partial charge in [-0.3, -0.25) is 9.78 Å². The van der Waals surface area contributed by atoms with Crippen LogP contribution in [0, 0.1) is 0 Å². The fourth-order valence-electron chi connectivity index (χ4n) is 4.03. The summed E-state index contributed by atoms with van der Waals surface area (Å²) in [6.07, 6.45) is -1.43. The third-order valence-electron chi connectivity index (χ3n) is 5.63. The van der Waals surface area contributed by atoms with Crippen LogP contribution in [0.5, 0.6) is 0 Å². The molecule has 0 saturated carbocycles. The van der Waals surface area contributed by atoms with E-state index in [1.54, 1.807) is 6.92 Å². The molecule has 0 N–H and O–H groups in total. The molecule has 1 aliphatic rings. The van der Waals surface area contributed by atoms with Crippen LogP contribution in [-0.2, 0) is 22.5 Å². The molecule has 1 aliphatic heterocycles. The van der Waals surface area contributed by atoms with E-state index in [0.717, 1.165) is 24.3 Å². The highest BCUT2D eigenvalue weighted by Gasteiger charge is 2.45. The lowest BCUT2D eigenvalue weighted by Crippen LogP contribution is -2.47. The Labute approximate surface area is 191 Å². The van der Waals surface area contributed by atoms with Crippen LogP contribution < -0.4 is 0 Å². The molecule has 9 heteroatoms. The van der Waals surface area contributed by atoms with Crippen molar-refractivity contribution in [1.82, 2.24) is 14.8 Å². The lowest BCUT2D eigenvalue weighted by atomic mass is 10.1. The predicted molar refractivity (Wildman–Crippen MR) is 116 cm³/mol. The summed E-state index contributed by atoms with van der Waals surface area (Å²) in [6.45, 7) is 3.25. The Morgan fingerprint density at radius 2 is 1.97 bits per heavy atom. The third-order valence-corrected chi connectivity index (χ3v) is 5.63. The Hall–Kier alpha value is -2.94. The molecule has 0 radical (unpaired) electrons. The van der Waals surface area contributed by atoms with E-state index in [4.69, 9.17) is 4.74 Å². The Balaban J connectivity index is 1.66. The summed E-state index contributed by atoms with van der Waals surface area (Å²) < 4.78 is 45.0. The van der Waals surface area contributed by atoms with E-state index in [1.165, 1.54) is 23.9 Å². The first-order valence-corrected chi connectivity index (χ1v) is 11.0. The third kappa shape index (κ3) is 7.02. The van der Waals surface area contributed by atoms with Crippen molar-refractivity contribution in [3.8, 4) is 0 Å². The molecule has 0 bridgehead atoms. The maximum Gasteiger partial charge on any atom is 0.471 e. The van der Waals surface area contributed by atoms with Gasteiger partial charge in [-0.1, -0.05) is 30.3 Å². The lowest BCUT2D eigenvalue weighted by Gasteiger charge is -2.29. The number of carbonyl (C=O) groups is 2. The molecule has 1 atom stereocenters. The van der Waals surface area contributed by atoms with Crippen LogP contribution in [0.3, 0.4) is 0 Å². The zero-order valence-electron chi connectivity index (χ0n) is 18.6. The van der Waals surface area contributed by atoms with Crippen LogP contribution in [0.2, 0.25) is 0 Å². The molecule has 1 fully saturated rings. The van der Waals surface area contributed by atoms with E-state index in [2.05, 4.69) is 9.88 Å². The number of hydrogen-bond donors (Lipinski definition) is 0. The molecular weight excluding hydrogens is 435 g/mol. The monoisotopic (exact) mass is 463 g/mol. The van der Waals surface area contributed by atoms with Crippen molar-refractivity contribution in [3.05, 3.63) is 65.5 Å². The molecule has 2 aromatic rings. The van der Waals surface area contributed by atoms with E-state index in [0.29, 0.717) is 19.5 Å². The van der Waals surface area contributed by atoms with Crippen molar-refractivity contribution in [2.45, 2.75) is 44.9 Å². The fourth-order valence-corrected chi connectivity index (χ4v) is 4.03. The maximum atomic E-state index is 13.4. The van der Waals surface area contributed by atoms with Gasteiger partial charge in [0.05, 0.1) is 24.4 Å². The number of likely N-dealkylation sites (tertiary alicyclic amines) is 1. The van der Waals surface area contributed by atoms with Gasteiger partial charge in [-0.05, 0) is 50.4 Å². The van der Waals surface area contributed by atoms with Crippen molar-refractivity contribution in [3.63, 3.8) is 0 Å². The molecule has 1 saturated heterocycles. The first kappa shape index (κ1) is 24.7. The lowest BCUT2D eigenvalue weighted by molar-refractivity contribution is -0.188. The van der Waals surface area contributed by atoms with Crippen LogP contribution in [0.25, 0.3) is 0 Å². The van der Waals surface area contributed by atoms with Crippen molar-refractivity contribution in [2.75, 3.05) is 26.2 Å². The SMILES string of the molecule is CCOC(=O)c1ccnc(CN(C(=O)C(F)(F)F)[C@@H]2CCN(CCCc3ccccc3)C2)c1. The minimum atomic E-state index is -4.99. The summed E-state index contributed by atoms with van der Waals surface area (Å²) >= 11 is 0. The molecular formula is C24H28F3N3O3. The van der Waals surface area contributed by atoms with Crippen LogP contribution in [0.1, 0.15) is 41.4 Å². The average molecular weight is 464 g/mol. The number of alkyl halides is 3. The second-order valence-corrected chi connectivity index (χ2v) is 8.02. The summed E-state index contributed by atoms with van der Waals surface area (Å²) in [5.74, 6) is -2.47. The number of esters is 1. The van der Waals surface area contributed by atoms with Gasteiger partial charge in [0.1, 0.15) is 0 Å². The van der Waals surface area contributed by atoms with Crippen LogP contribution in [-0.4, -0.2) is 65.1 Å².